The smallest absolute Gasteiger partial charge is 0.266 e. The lowest BCUT2D eigenvalue weighted by atomic mass is 9.80. The van der Waals surface area contributed by atoms with Gasteiger partial charge < -0.3 is 51.0 Å². The first-order valence-electron chi connectivity index (χ1n) is 25.0. The number of piperidine rings is 1. The van der Waals surface area contributed by atoms with Gasteiger partial charge in [-0.25, -0.2) is 15.0 Å². The van der Waals surface area contributed by atoms with Crippen LogP contribution in [-0.2, 0) is 16.2 Å². The van der Waals surface area contributed by atoms with Crippen LogP contribution in [0.1, 0.15) is 23.5 Å². The average molecular weight is 1030 g/mol. The number of ether oxygens (including phenoxy) is 3. The molecule has 1 fully saturated rings. The van der Waals surface area contributed by atoms with E-state index in [9.17, 15) is 20.1 Å². The van der Waals surface area contributed by atoms with E-state index in [0.717, 1.165) is 28.0 Å². The van der Waals surface area contributed by atoms with Gasteiger partial charge in [0.1, 0.15) is 82.4 Å². The molecule has 1 aliphatic heterocycles. The van der Waals surface area contributed by atoms with Crippen molar-refractivity contribution in [3.8, 4) is 63.1 Å². The lowest BCUT2D eigenvalue weighted by Crippen LogP contribution is -2.45. The Balaban J connectivity index is 0.949. The van der Waals surface area contributed by atoms with E-state index in [1.807, 2.05) is 135 Å². The number of nitriles is 2. The zero-order valence-electron chi connectivity index (χ0n) is 43.4. The molecule has 0 saturated carbocycles. The summed E-state index contributed by atoms with van der Waals surface area (Å²) >= 11 is 0. The number of carbonyl (C=O) groups is 2. The molecule has 0 radical (unpaired) electrons. The van der Waals surface area contributed by atoms with Crippen molar-refractivity contribution in [3.63, 3.8) is 0 Å². The van der Waals surface area contributed by atoms with Crippen LogP contribution in [0.5, 0.6) is 28.7 Å². The molecule has 8 rings (SSSR count). The largest absolute Gasteiger partial charge is 0.489 e. The fourth-order valence-electron chi connectivity index (χ4n) is 8.80. The van der Waals surface area contributed by atoms with E-state index in [4.69, 9.17) is 25.7 Å². The van der Waals surface area contributed by atoms with Crippen LogP contribution in [0, 0.1) is 28.6 Å². The molecule has 1 aliphatic rings. The minimum Gasteiger partial charge on any atom is -0.489 e. The summed E-state index contributed by atoms with van der Waals surface area (Å²) < 4.78 is 18.6. The van der Waals surface area contributed by atoms with Crippen LogP contribution in [0.25, 0.3) is 22.3 Å². The highest BCUT2D eigenvalue weighted by Gasteiger charge is 2.34. The molecule has 7 aromatic rings. The van der Waals surface area contributed by atoms with Crippen LogP contribution in [0.2, 0.25) is 0 Å². The molecule has 1 saturated heterocycles. The number of nitrogens with zero attached hydrogens (tertiary/aromatic N) is 8. The number of nitrogen functional groups attached to an aromatic ring is 2. The number of nitrogens with two attached hydrogens (primary N) is 2. The summed E-state index contributed by atoms with van der Waals surface area (Å²) in [6.07, 6.45) is 6.93. The second-order valence-corrected chi connectivity index (χ2v) is 18.9. The van der Waals surface area contributed by atoms with Gasteiger partial charge in [-0.05, 0) is 130 Å². The van der Waals surface area contributed by atoms with Crippen LogP contribution >= 0.6 is 0 Å². The fourth-order valence-corrected chi connectivity index (χ4v) is 8.80. The number of amides is 2. The fraction of sp³-hybridized carbons (Fsp3) is 0.217. The van der Waals surface area contributed by atoms with E-state index in [1.54, 1.807) is 53.6 Å². The molecule has 0 bridgehead atoms. The van der Waals surface area contributed by atoms with Crippen LogP contribution < -0.4 is 36.3 Å². The van der Waals surface area contributed by atoms with Gasteiger partial charge in [-0.2, -0.15) is 10.5 Å². The van der Waals surface area contributed by atoms with Crippen molar-refractivity contribution >= 4 is 35.0 Å². The molecular weight excluding hydrogens is 969 g/mol. The zero-order valence-corrected chi connectivity index (χ0v) is 43.4. The predicted molar refractivity (Wildman–Crippen MR) is 299 cm³/mol. The number of aromatic nitrogens is 3. The molecule has 390 valence electrons. The van der Waals surface area contributed by atoms with E-state index in [2.05, 4.69) is 43.8 Å². The summed E-state index contributed by atoms with van der Waals surface area (Å²) in [6, 6.07) is 45.6. The van der Waals surface area contributed by atoms with Crippen molar-refractivity contribution in [2.24, 2.45) is 5.92 Å². The third-order valence-electron chi connectivity index (χ3n) is 12.8. The number of likely N-dealkylation sites (N-methyl/N-ethyl adjacent to an activating group) is 2. The van der Waals surface area contributed by atoms with Gasteiger partial charge in [0, 0.05) is 56.6 Å². The van der Waals surface area contributed by atoms with Crippen molar-refractivity contribution in [1.29, 1.82) is 10.5 Å². The molecule has 2 aromatic heterocycles. The Morgan fingerprint density at radius 3 is 2.04 bits per heavy atom. The Kier molecular flexibility index (Phi) is 17.9. The number of benzene rings is 5. The summed E-state index contributed by atoms with van der Waals surface area (Å²) in [6.45, 7) is 2.62. The van der Waals surface area contributed by atoms with Gasteiger partial charge in [0.15, 0.2) is 0 Å². The normalized spacial score (nSPS) is 14.6. The SMILES string of the molecule is CN(C)CC=C(C#N)C(=O)Nc1cccc(Oc2ccnc(N)c2-c2ccc(OCc3ccc(C4CN(C(=O)C(C#N)=CCN(C)C)CCC4CNc4ncnc(N)c4-c4ccc(Oc5ccccc5)cc4)cc3)cc2)c1. The maximum Gasteiger partial charge on any atom is 0.266 e. The van der Waals surface area contributed by atoms with E-state index in [1.165, 1.54) is 6.33 Å². The Hall–Kier alpha value is -9.55. The van der Waals surface area contributed by atoms with Gasteiger partial charge in [0.2, 0.25) is 0 Å². The van der Waals surface area contributed by atoms with Crippen LogP contribution in [0.15, 0.2) is 169 Å². The Morgan fingerprint density at radius 2 is 1.35 bits per heavy atom. The van der Waals surface area contributed by atoms with Crippen LogP contribution in [-0.4, -0.2) is 102 Å². The van der Waals surface area contributed by atoms with Crippen LogP contribution in [0.3, 0.4) is 0 Å². The van der Waals surface area contributed by atoms with Crippen molar-refractivity contribution < 1.29 is 23.8 Å². The lowest BCUT2D eigenvalue weighted by molar-refractivity contribution is -0.128. The van der Waals surface area contributed by atoms with Gasteiger partial charge in [0.05, 0.1) is 11.1 Å². The molecule has 2 amide bonds. The average Bonchev–Trinajstić information content (AvgIpc) is 3.44. The van der Waals surface area contributed by atoms with E-state index in [-0.39, 0.29) is 41.3 Å². The molecule has 17 nitrogen and oxygen atoms in total. The first-order chi connectivity index (χ1) is 37.3. The summed E-state index contributed by atoms with van der Waals surface area (Å²) in [5, 5.41) is 25.9. The first kappa shape index (κ1) is 53.7. The number of rotatable bonds is 20. The van der Waals surface area contributed by atoms with E-state index < -0.39 is 5.91 Å². The monoisotopic (exact) mass is 1030 g/mol. The maximum absolute atomic E-state index is 13.9. The molecule has 0 spiro atoms. The second-order valence-electron chi connectivity index (χ2n) is 18.9. The lowest BCUT2D eigenvalue weighted by Gasteiger charge is -2.39. The number of pyridine rings is 1. The molecule has 0 aliphatic carbocycles. The van der Waals surface area contributed by atoms with Crippen molar-refractivity contribution in [1.82, 2.24) is 29.7 Å². The number of nitrogens with one attached hydrogen (secondary N) is 2. The topological polar surface area (TPSA) is 234 Å². The highest BCUT2D eigenvalue weighted by Crippen LogP contribution is 2.39. The third-order valence-corrected chi connectivity index (χ3v) is 12.8. The number of anilines is 4. The van der Waals surface area contributed by atoms with Crippen LogP contribution in [0.4, 0.5) is 23.1 Å². The van der Waals surface area contributed by atoms with Gasteiger partial charge in [0.25, 0.3) is 11.8 Å². The molecule has 77 heavy (non-hydrogen) atoms. The Bertz CT molecular complexity index is 3320. The molecule has 3 heterocycles. The number of likely N-dealkylation sites (tertiary alicyclic amines) is 1. The number of hydrogen-bond acceptors (Lipinski definition) is 15. The van der Waals surface area contributed by atoms with Gasteiger partial charge in [-0.3, -0.25) is 9.59 Å². The second kappa shape index (κ2) is 25.6. The minimum atomic E-state index is -0.519. The predicted octanol–water partition coefficient (Wildman–Crippen LogP) is 9.54. The highest BCUT2D eigenvalue weighted by molar-refractivity contribution is 6.06. The number of para-hydroxylation sites is 1. The molecule has 6 N–H and O–H groups in total. The zero-order chi connectivity index (χ0) is 54.3. The highest BCUT2D eigenvalue weighted by atomic mass is 16.5. The summed E-state index contributed by atoms with van der Waals surface area (Å²) in [7, 11) is 7.49. The summed E-state index contributed by atoms with van der Waals surface area (Å²) in [5.74, 6) is 3.30. The summed E-state index contributed by atoms with van der Waals surface area (Å²) in [4.78, 5) is 45.5. The maximum atomic E-state index is 13.9. The quantitative estimate of drug-likeness (QED) is 0.0411. The Morgan fingerprint density at radius 1 is 0.714 bits per heavy atom. The summed E-state index contributed by atoms with van der Waals surface area (Å²) in [5.41, 5.74) is 18.3. The number of hydrogen-bond donors (Lipinski definition) is 4. The van der Waals surface area contributed by atoms with Gasteiger partial charge >= 0.3 is 0 Å². The molecule has 17 heteroatoms. The van der Waals surface area contributed by atoms with Crippen molar-refractivity contribution in [2.75, 3.05) is 83.0 Å². The van der Waals surface area contributed by atoms with Gasteiger partial charge in [-0.1, -0.05) is 72.8 Å². The molecule has 2 unspecified atom stereocenters. The molecular formula is C60H60N12O5. The van der Waals surface area contributed by atoms with Gasteiger partial charge in [-0.15, -0.1) is 0 Å². The van der Waals surface area contributed by atoms with E-state index >= 15 is 0 Å². The van der Waals surface area contributed by atoms with E-state index in [0.29, 0.717) is 90.6 Å². The minimum absolute atomic E-state index is 0.00744. The molecule has 2 atom stereocenters. The van der Waals surface area contributed by atoms with Crippen molar-refractivity contribution in [3.05, 3.63) is 180 Å². The number of carbonyl (C=O) groups excluding carboxylic acids is 2. The Labute approximate surface area is 448 Å². The molecule has 5 aromatic carbocycles. The van der Waals surface area contributed by atoms with Crippen molar-refractivity contribution in [2.45, 2.75) is 18.9 Å². The standard InChI is InChI=1S/C60H60N12O5/c1-70(2)30-26-44(34-61)59(73)69-47-9-8-12-51(33-47)77-53-25-29-65-56(63)54(53)42-17-21-48(22-18-42)75-38-40-13-15-41(16-14-40)52-37-72(60(74)45(35-62)27-31-71(3)4)32-28-46(52)36-66-58-55(57(64)67-39-68-58)43-19-23-50(24-20-43)76-49-10-6-5-7-11-49/h5-27,29,33,39,46,52H,28,30-32,36-38H2,1-4H3,(H2,63,65)(H,69,73)(H3,64,66,67,68). The third kappa shape index (κ3) is 14.2. The first-order valence-corrected chi connectivity index (χ1v) is 25.0.